The van der Waals surface area contributed by atoms with Gasteiger partial charge in [0.2, 0.25) is 18.3 Å². The standard InChI is InChI=1S/C21H18O8/c1-23-19-14-15(22)20(24-2)16(10-4-5-12-13(8-10)28-9-27-12)29-17(14)11-6-7-26-18(11)21(19)25-3/h4-8,16,20H,9H2,1-3H3/t16-,20+/m1/s1. The van der Waals surface area contributed by atoms with Gasteiger partial charge < -0.3 is 32.8 Å². The first-order chi connectivity index (χ1) is 14.2. The lowest BCUT2D eigenvalue weighted by atomic mass is 9.91. The van der Waals surface area contributed by atoms with E-state index in [4.69, 9.17) is 32.8 Å². The minimum absolute atomic E-state index is 0.159. The Morgan fingerprint density at radius 2 is 1.79 bits per heavy atom. The molecule has 2 atom stereocenters. The molecule has 5 rings (SSSR count). The van der Waals surface area contributed by atoms with Gasteiger partial charge in [0.15, 0.2) is 35.0 Å². The van der Waals surface area contributed by atoms with Crippen LogP contribution < -0.4 is 23.7 Å². The molecule has 2 aliphatic heterocycles. The van der Waals surface area contributed by atoms with Crippen molar-refractivity contribution < 1.29 is 37.6 Å². The number of rotatable bonds is 4. The van der Waals surface area contributed by atoms with Gasteiger partial charge in [0.05, 0.1) is 25.9 Å². The average Bonchev–Trinajstić information content (AvgIpc) is 3.41. The van der Waals surface area contributed by atoms with Crippen LogP contribution in [0.1, 0.15) is 22.0 Å². The molecule has 3 aromatic rings. The Hall–Kier alpha value is -3.39. The zero-order valence-electron chi connectivity index (χ0n) is 16.0. The van der Waals surface area contributed by atoms with Crippen molar-refractivity contribution in [2.45, 2.75) is 12.2 Å². The first-order valence-corrected chi connectivity index (χ1v) is 8.96. The second-order valence-corrected chi connectivity index (χ2v) is 6.61. The van der Waals surface area contributed by atoms with E-state index >= 15 is 0 Å². The number of ether oxygens (including phenoxy) is 6. The summed E-state index contributed by atoms with van der Waals surface area (Å²) in [5, 5.41) is 0.617. The molecule has 8 heteroatoms. The highest BCUT2D eigenvalue weighted by atomic mass is 16.7. The van der Waals surface area contributed by atoms with Crippen molar-refractivity contribution in [3.05, 3.63) is 41.7 Å². The maximum atomic E-state index is 13.5. The number of methoxy groups -OCH3 is 3. The van der Waals surface area contributed by atoms with Gasteiger partial charge in [0.25, 0.3) is 0 Å². The van der Waals surface area contributed by atoms with Gasteiger partial charge in [0.1, 0.15) is 11.3 Å². The van der Waals surface area contributed by atoms with Crippen LogP contribution in [0.15, 0.2) is 34.9 Å². The van der Waals surface area contributed by atoms with E-state index in [0.717, 1.165) is 5.56 Å². The van der Waals surface area contributed by atoms with Crippen LogP contribution in [0.25, 0.3) is 11.0 Å². The summed E-state index contributed by atoms with van der Waals surface area (Å²) in [5.74, 6) is 1.93. The molecule has 0 unspecified atom stereocenters. The van der Waals surface area contributed by atoms with E-state index in [1.165, 1.54) is 27.6 Å². The Labute approximate surface area is 165 Å². The van der Waals surface area contributed by atoms with Gasteiger partial charge in [-0.2, -0.15) is 0 Å². The third kappa shape index (κ3) is 2.45. The SMILES string of the molecule is COc1c2c(c3ccoc3c1OC)O[C@H](c1ccc3c(c1)OCO3)[C@@H](OC)C2=O. The van der Waals surface area contributed by atoms with Crippen molar-refractivity contribution in [1.29, 1.82) is 0 Å². The van der Waals surface area contributed by atoms with Gasteiger partial charge in [-0.05, 0) is 23.8 Å². The summed E-state index contributed by atoms with van der Waals surface area (Å²) in [6.07, 6.45) is -0.0600. The van der Waals surface area contributed by atoms with E-state index in [-0.39, 0.29) is 23.9 Å². The van der Waals surface area contributed by atoms with Crippen LogP contribution in [0, 0.1) is 0 Å². The van der Waals surface area contributed by atoms with E-state index in [1.54, 1.807) is 18.2 Å². The highest BCUT2D eigenvalue weighted by Gasteiger charge is 2.43. The third-order valence-electron chi connectivity index (χ3n) is 5.19. The smallest absolute Gasteiger partial charge is 0.231 e. The van der Waals surface area contributed by atoms with Gasteiger partial charge in [-0.3, -0.25) is 4.79 Å². The Kier molecular flexibility index (Phi) is 4.02. The number of carbonyl (C=O) groups is 1. The molecule has 150 valence electrons. The number of furan rings is 1. The zero-order valence-corrected chi connectivity index (χ0v) is 16.0. The predicted molar refractivity (Wildman–Crippen MR) is 100 cm³/mol. The summed E-state index contributed by atoms with van der Waals surface area (Å²) in [6.45, 7) is 0.159. The number of hydrogen-bond donors (Lipinski definition) is 0. The molecular formula is C21H18O8. The van der Waals surface area contributed by atoms with E-state index in [2.05, 4.69) is 0 Å². The highest BCUT2D eigenvalue weighted by Crippen LogP contribution is 2.51. The minimum atomic E-state index is -0.883. The average molecular weight is 398 g/mol. The van der Waals surface area contributed by atoms with E-state index < -0.39 is 12.2 Å². The quantitative estimate of drug-likeness (QED) is 0.660. The van der Waals surface area contributed by atoms with Crippen LogP contribution in [0.3, 0.4) is 0 Å². The Bertz CT molecular complexity index is 1120. The molecule has 0 radical (unpaired) electrons. The Balaban J connectivity index is 1.71. The highest BCUT2D eigenvalue weighted by molar-refractivity contribution is 6.12. The maximum Gasteiger partial charge on any atom is 0.231 e. The number of ketones is 1. The monoisotopic (exact) mass is 398 g/mol. The van der Waals surface area contributed by atoms with Crippen LogP contribution >= 0.6 is 0 Å². The molecule has 0 saturated heterocycles. The van der Waals surface area contributed by atoms with Crippen LogP contribution in [0.4, 0.5) is 0 Å². The molecule has 29 heavy (non-hydrogen) atoms. The molecule has 2 aromatic carbocycles. The molecule has 0 amide bonds. The molecule has 0 N–H and O–H groups in total. The normalized spacial score (nSPS) is 19.8. The molecule has 2 aliphatic rings. The molecule has 0 bridgehead atoms. The summed E-state index contributed by atoms with van der Waals surface area (Å²) in [4.78, 5) is 13.5. The predicted octanol–water partition coefficient (Wildman–Crippen LogP) is 3.51. The number of Topliss-reactive ketones (excluding diaryl/α,β-unsaturated/α-hetero) is 1. The molecule has 0 aliphatic carbocycles. The first-order valence-electron chi connectivity index (χ1n) is 8.96. The van der Waals surface area contributed by atoms with Gasteiger partial charge in [-0.25, -0.2) is 0 Å². The third-order valence-corrected chi connectivity index (χ3v) is 5.19. The molecule has 8 nitrogen and oxygen atoms in total. The fourth-order valence-electron chi connectivity index (χ4n) is 3.88. The lowest BCUT2D eigenvalue weighted by Gasteiger charge is -2.33. The molecule has 3 heterocycles. The second kappa shape index (κ2) is 6.59. The van der Waals surface area contributed by atoms with Gasteiger partial charge in [-0.15, -0.1) is 0 Å². The van der Waals surface area contributed by atoms with Crippen molar-refractivity contribution in [2.75, 3.05) is 28.1 Å². The molecule has 0 fully saturated rings. The Morgan fingerprint density at radius 3 is 2.55 bits per heavy atom. The van der Waals surface area contributed by atoms with E-state index in [1.807, 2.05) is 6.07 Å². The fraction of sp³-hybridized carbons (Fsp3) is 0.286. The summed E-state index contributed by atoms with van der Waals surface area (Å²) in [6, 6.07) is 7.14. The topological polar surface area (TPSA) is 85.6 Å². The van der Waals surface area contributed by atoms with Gasteiger partial charge in [-0.1, -0.05) is 6.07 Å². The number of benzene rings is 2. The van der Waals surface area contributed by atoms with Crippen LogP contribution in [0.2, 0.25) is 0 Å². The zero-order chi connectivity index (χ0) is 20.1. The fourth-order valence-corrected chi connectivity index (χ4v) is 3.88. The molecule has 0 saturated carbocycles. The van der Waals surface area contributed by atoms with E-state index in [0.29, 0.717) is 34.0 Å². The van der Waals surface area contributed by atoms with Crippen molar-refractivity contribution in [2.24, 2.45) is 0 Å². The van der Waals surface area contributed by atoms with Gasteiger partial charge >= 0.3 is 0 Å². The van der Waals surface area contributed by atoms with Crippen molar-refractivity contribution >= 4 is 16.8 Å². The lowest BCUT2D eigenvalue weighted by molar-refractivity contribution is -0.000458. The molecular weight excluding hydrogens is 380 g/mol. The van der Waals surface area contributed by atoms with Crippen molar-refractivity contribution in [3.8, 4) is 28.7 Å². The van der Waals surface area contributed by atoms with Crippen molar-refractivity contribution in [3.63, 3.8) is 0 Å². The lowest BCUT2D eigenvalue weighted by Crippen LogP contribution is -2.38. The van der Waals surface area contributed by atoms with E-state index in [9.17, 15) is 4.79 Å². The second-order valence-electron chi connectivity index (χ2n) is 6.61. The largest absolute Gasteiger partial charge is 0.492 e. The van der Waals surface area contributed by atoms with Crippen LogP contribution in [0.5, 0.6) is 28.7 Å². The Morgan fingerprint density at radius 1 is 1.00 bits per heavy atom. The number of hydrogen-bond acceptors (Lipinski definition) is 8. The summed E-state index contributed by atoms with van der Waals surface area (Å²) >= 11 is 0. The summed E-state index contributed by atoms with van der Waals surface area (Å²) < 4.78 is 39.2. The summed E-state index contributed by atoms with van der Waals surface area (Å²) in [5.41, 5.74) is 1.44. The summed E-state index contributed by atoms with van der Waals surface area (Å²) in [7, 11) is 4.42. The molecule has 0 spiro atoms. The number of carbonyl (C=O) groups excluding carboxylic acids is 1. The van der Waals surface area contributed by atoms with Crippen LogP contribution in [-0.2, 0) is 4.74 Å². The van der Waals surface area contributed by atoms with Crippen LogP contribution in [-0.4, -0.2) is 40.0 Å². The minimum Gasteiger partial charge on any atom is -0.492 e. The maximum absolute atomic E-state index is 13.5. The molecule has 1 aromatic heterocycles. The number of fused-ring (bicyclic) bond motifs is 4. The van der Waals surface area contributed by atoms with Gasteiger partial charge in [0, 0.05) is 7.11 Å². The first kappa shape index (κ1) is 17.7. The van der Waals surface area contributed by atoms with Crippen molar-refractivity contribution in [1.82, 2.24) is 0 Å².